The third-order valence-electron chi connectivity index (χ3n) is 4.96. The predicted molar refractivity (Wildman–Crippen MR) is 149 cm³/mol. The van der Waals surface area contributed by atoms with Crippen LogP contribution >= 0.6 is 57.9 Å². The monoisotopic (exact) mass is 630 g/mol. The highest BCUT2D eigenvalue weighted by molar-refractivity contribution is 7.92. The van der Waals surface area contributed by atoms with E-state index in [1.807, 2.05) is 0 Å². The summed E-state index contributed by atoms with van der Waals surface area (Å²) < 4.78 is 38.2. The molecule has 0 fully saturated rings. The predicted octanol–water partition coefficient (Wildman–Crippen LogP) is 6.05. The lowest BCUT2D eigenvalue weighted by Crippen LogP contribution is -2.29. The zero-order valence-electron chi connectivity index (χ0n) is 19.0. The summed E-state index contributed by atoms with van der Waals surface area (Å²) in [7, 11) is -3.18. The van der Waals surface area contributed by atoms with E-state index in [1.54, 1.807) is 12.1 Å². The number of hydrogen-bond donors (Lipinski definition) is 2. The topological polar surface area (TPSA) is 127 Å². The number of nitrogens with zero attached hydrogens (tertiary/aromatic N) is 2. The SMILES string of the molecule is COC(=O)C(=Cc1ccc(Cl)c(Cl)c1)NC(=O)c1cc(Cl)c(Cl)cc1NS(=O)(=O)c1nccc2sncc12. The summed E-state index contributed by atoms with van der Waals surface area (Å²) in [6.07, 6.45) is 4.01. The lowest BCUT2D eigenvalue weighted by Gasteiger charge is -2.15. The molecule has 0 radical (unpaired) electrons. The van der Waals surface area contributed by atoms with E-state index in [0.29, 0.717) is 20.7 Å². The Bertz CT molecular complexity index is 1720. The minimum absolute atomic E-state index is 0.0242. The van der Waals surface area contributed by atoms with Gasteiger partial charge in [-0.05, 0) is 53.5 Å². The second-order valence-corrected chi connectivity index (χ2v) is 11.5. The number of ether oxygens (including phenoxy) is 1. The maximum atomic E-state index is 13.3. The first-order valence-corrected chi connectivity index (χ1v) is 14.0. The molecule has 0 aliphatic rings. The molecule has 0 saturated heterocycles. The second-order valence-electron chi connectivity index (χ2n) is 7.45. The summed E-state index contributed by atoms with van der Waals surface area (Å²) in [6.45, 7) is 0. The van der Waals surface area contributed by atoms with Crippen LogP contribution in [0.2, 0.25) is 20.1 Å². The number of fused-ring (bicyclic) bond motifs is 1. The Morgan fingerprint density at radius 3 is 2.42 bits per heavy atom. The van der Waals surface area contributed by atoms with Crippen LogP contribution in [0, 0.1) is 0 Å². The highest BCUT2D eigenvalue weighted by Gasteiger charge is 2.25. The number of nitrogens with one attached hydrogen (secondary N) is 2. The molecule has 0 aliphatic carbocycles. The fraction of sp³-hybridized carbons (Fsp3) is 0.0435. The molecule has 0 unspecified atom stereocenters. The van der Waals surface area contributed by atoms with Crippen molar-refractivity contribution >= 4 is 102 Å². The lowest BCUT2D eigenvalue weighted by atomic mass is 10.1. The van der Waals surface area contributed by atoms with E-state index in [1.165, 1.54) is 36.7 Å². The summed E-state index contributed by atoms with van der Waals surface area (Å²) >= 11 is 25.3. The Balaban J connectivity index is 1.73. The highest BCUT2D eigenvalue weighted by Crippen LogP contribution is 2.32. The Morgan fingerprint density at radius 1 is 1.00 bits per heavy atom. The summed E-state index contributed by atoms with van der Waals surface area (Å²) in [5, 5.41) is 2.88. The third kappa shape index (κ3) is 6.04. The number of amides is 1. The van der Waals surface area contributed by atoms with Crippen molar-refractivity contribution < 1.29 is 22.7 Å². The maximum absolute atomic E-state index is 13.3. The van der Waals surface area contributed by atoms with Crippen molar-refractivity contribution in [2.24, 2.45) is 0 Å². The number of aromatic nitrogens is 2. The lowest BCUT2D eigenvalue weighted by molar-refractivity contribution is -0.136. The van der Waals surface area contributed by atoms with Crippen LogP contribution in [0.5, 0.6) is 0 Å². The number of benzene rings is 2. The normalized spacial score (nSPS) is 11.9. The minimum atomic E-state index is -4.31. The molecule has 9 nitrogen and oxygen atoms in total. The van der Waals surface area contributed by atoms with Gasteiger partial charge in [-0.3, -0.25) is 9.52 Å². The summed E-state index contributed by atoms with van der Waals surface area (Å²) in [5.41, 5.74) is -0.287. The molecule has 1 amide bonds. The van der Waals surface area contributed by atoms with Crippen LogP contribution in [0.3, 0.4) is 0 Å². The van der Waals surface area contributed by atoms with Gasteiger partial charge in [0.2, 0.25) is 0 Å². The van der Waals surface area contributed by atoms with Gasteiger partial charge >= 0.3 is 5.97 Å². The fourth-order valence-electron chi connectivity index (χ4n) is 3.21. The van der Waals surface area contributed by atoms with E-state index in [2.05, 4.69) is 19.4 Å². The summed E-state index contributed by atoms with van der Waals surface area (Å²) in [5.74, 6) is -1.77. The quantitative estimate of drug-likeness (QED) is 0.188. The van der Waals surface area contributed by atoms with Crippen LogP contribution in [0.25, 0.3) is 16.2 Å². The van der Waals surface area contributed by atoms with Gasteiger partial charge in [0.05, 0.1) is 54.7 Å². The van der Waals surface area contributed by atoms with Crippen molar-refractivity contribution in [3.8, 4) is 0 Å². The van der Waals surface area contributed by atoms with Crippen LogP contribution < -0.4 is 10.0 Å². The number of carbonyl (C=O) groups is 2. The number of hydrogen-bond acceptors (Lipinski definition) is 8. The molecule has 0 bridgehead atoms. The van der Waals surface area contributed by atoms with Gasteiger partial charge in [0.15, 0.2) is 5.03 Å². The van der Waals surface area contributed by atoms with Gasteiger partial charge in [-0.1, -0.05) is 52.5 Å². The Kier molecular flexibility index (Phi) is 8.46. The summed E-state index contributed by atoms with van der Waals surface area (Å²) in [6, 6.07) is 8.50. The van der Waals surface area contributed by atoms with E-state index in [-0.39, 0.29) is 37.0 Å². The zero-order valence-corrected chi connectivity index (χ0v) is 23.6. The Labute approximate surface area is 240 Å². The molecule has 15 heteroatoms. The first-order valence-electron chi connectivity index (χ1n) is 10.3. The van der Waals surface area contributed by atoms with Crippen LogP contribution in [-0.4, -0.2) is 36.8 Å². The van der Waals surface area contributed by atoms with Crippen LogP contribution in [0.4, 0.5) is 5.69 Å². The number of methoxy groups -OCH3 is 1. The maximum Gasteiger partial charge on any atom is 0.354 e. The van der Waals surface area contributed by atoms with Crippen molar-refractivity contribution in [2.45, 2.75) is 5.03 Å². The smallest absolute Gasteiger partial charge is 0.354 e. The molecular formula is C23H14Cl4N4O5S2. The van der Waals surface area contributed by atoms with E-state index in [4.69, 9.17) is 51.1 Å². The zero-order chi connectivity index (χ0) is 27.6. The Morgan fingerprint density at radius 2 is 1.71 bits per heavy atom. The standard InChI is InChI=1S/C23H14Cl4N4O5S2/c1-36-23(33)19(7-11-2-3-14(24)15(25)6-11)30-21(32)12-8-16(26)17(27)9-18(12)31-38(34,35)22-13-10-29-37-20(13)4-5-28-22/h2-10,31H,1H3,(H,30,32). The molecule has 2 N–H and O–H groups in total. The van der Waals surface area contributed by atoms with Gasteiger partial charge in [0, 0.05) is 6.20 Å². The van der Waals surface area contributed by atoms with Crippen molar-refractivity contribution in [3.63, 3.8) is 0 Å². The van der Waals surface area contributed by atoms with Crippen LogP contribution in [-0.2, 0) is 19.6 Å². The number of anilines is 1. The second kappa shape index (κ2) is 11.4. The van der Waals surface area contributed by atoms with Gasteiger partial charge in [0.1, 0.15) is 5.70 Å². The number of halogens is 4. The first kappa shape index (κ1) is 28.1. The number of pyridine rings is 1. The van der Waals surface area contributed by atoms with Gasteiger partial charge in [0.25, 0.3) is 15.9 Å². The third-order valence-corrected chi connectivity index (χ3v) is 8.51. The fourth-order valence-corrected chi connectivity index (χ4v) is 5.76. The average Bonchev–Trinajstić information content (AvgIpc) is 3.36. The van der Waals surface area contributed by atoms with Gasteiger partial charge < -0.3 is 10.1 Å². The van der Waals surface area contributed by atoms with E-state index < -0.39 is 21.9 Å². The molecule has 0 spiro atoms. The molecule has 196 valence electrons. The number of sulfonamides is 1. The highest BCUT2D eigenvalue weighted by atomic mass is 35.5. The number of esters is 1. The van der Waals surface area contributed by atoms with Crippen molar-refractivity contribution in [1.29, 1.82) is 0 Å². The molecule has 2 aromatic carbocycles. The van der Waals surface area contributed by atoms with Crippen molar-refractivity contribution in [3.05, 3.63) is 85.7 Å². The van der Waals surface area contributed by atoms with Gasteiger partial charge in [-0.15, -0.1) is 0 Å². The molecule has 0 atom stereocenters. The van der Waals surface area contributed by atoms with Crippen molar-refractivity contribution in [2.75, 3.05) is 11.8 Å². The van der Waals surface area contributed by atoms with Crippen LogP contribution in [0.1, 0.15) is 15.9 Å². The molecule has 4 aromatic rings. The Hall–Kier alpha value is -2.93. The van der Waals surface area contributed by atoms with E-state index in [0.717, 1.165) is 24.7 Å². The van der Waals surface area contributed by atoms with Crippen molar-refractivity contribution in [1.82, 2.24) is 14.7 Å². The van der Waals surface area contributed by atoms with Gasteiger partial charge in [-0.2, -0.15) is 12.8 Å². The van der Waals surface area contributed by atoms with E-state index >= 15 is 0 Å². The number of rotatable bonds is 7. The van der Waals surface area contributed by atoms with Crippen LogP contribution in [0.15, 0.2) is 59.5 Å². The molecule has 0 aliphatic heterocycles. The molecule has 2 heterocycles. The van der Waals surface area contributed by atoms with Gasteiger partial charge in [-0.25, -0.2) is 9.78 Å². The molecule has 4 rings (SSSR count). The minimum Gasteiger partial charge on any atom is -0.464 e. The van der Waals surface area contributed by atoms with E-state index in [9.17, 15) is 18.0 Å². The molecule has 0 saturated carbocycles. The average molecular weight is 632 g/mol. The number of carbonyl (C=O) groups excluding carboxylic acids is 2. The molecule has 38 heavy (non-hydrogen) atoms. The first-order chi connectivity index (χ1) is 18.0. The molecular weight excluding hydrogens is 618 g/mol. The molecule has 2 aromatic heterocycles. The summed E-state index contributed by atoms with van der Waals surface area (Å²) in [4.78, 5) is 29.7. The largest absolute Gasteiger partial charge is 0.464 e.